The minimum atomic E-state index is -0.275. The van der Waals surface area contributed by atoms with Crippen molar-refractivity contribution in [3.8, 4) is 11.5 Å². The number of amides is 1. The average Bonchev–Trinajstić information content (AvgIpc) is 3.03. The standard InChI is InChI=1S/C17H24N2O4/c1-5-10(2)13(9-20)19-17(21)12-8-11-14(22-3)6-7-15(23-4)16(11)18-12/h6-8,10,13,18,20H,5,9H2,1-4H3,(H,19,21). The summed E-state index contributed by atoms with van der Waals surface area (Å²) in [5.41, 5.74) is 1.12. The SMILES string of the molecule is CCC(C)C(CO)NC(=O)c1cc2c(OC)ccc(OC)c2[nH]1. The maximum Gasteiger partial charge on any atom is 0.268 e. The molecule has 126 valence electrons. The first-order valence-electron chi connectivity index (χ1n) is 7.71. The van der Waals surface area contributed by atoms with Crippen molar-refractivity contribution in [2.75, 3.05) is 20.8 Å². The number of aliphatic hydroxyl groups excluding tert-OH is 1. The number of hydrogen-bond acceptors (Lipinski definition) is 4. The average molecular weight is 320 g/mol. The van der Waals surface area contributed by atoms with E-state index in [9.17, 15) is 9.90 Å². The molecule has 0 spiro atoms. The molecular weight excluding hydrogens is 296 g/mol. The molecule has 0 aliphatic carbocycles. The van der Waals surface area contributed by atoms with Crippen molar-refractivity contribution in [2.24, 2.45) is 5.92 Å². The van der Waals surface area contributed by atoms with Gasteiger partial charge >= 0.3 is 0 Å². The molecule has 2 rings (SSSR count). The summed E-state index contributed by atoms with van der Waals surface area (Å²) >= 11 is 0. The largest absolute Gasteiger partial charge is 0.496 e. The van der Waals surface area contributed by atoms with Gasteiger partial charge in [-0.15, -0.1) is 0 Å². The van der Waals surface area contributed by atoms with Gasteiger partial charge < -0.3 is 24.9 Å². The lowest BCUT2D eigenvalue weighted by Crippen LogP contribution is -2.42. The third-order valence-electron chi connectivity index (χ3n) is 4.24. The van der Waals surface area contributed by atoms with Gasteiger partial charge in [-0.25, -0.2) is 0 Å². The fourth-order valence-electron chi connectivity index (χ4n) is 2.54. The molecule has 1 amide bonds. The lowest BCUT2D eigenvalue weighted by atomic mass is 10.00. The van der Waals surface area contributed by atoms with E-state index in [1.165, 1.54) is 0 Å². The number of benzene rings is 1. The number of ether oxygens (including phenoxy) is 2. The third kappa shape index (κ3) is 3.42. The molecule has 0 aliphatic rings. The Morgan fingerprint density at radius 3 is 2.52 bits per heavy atom. The summed E-state index contributed by atoms with van der Waals surface area (Å²) in [5.74, 6) is 1.24. The van der Waals surface area contributed by atoms with Crippen LogP contribution in [-0.2, 0) is 0 Å². The molecule has 0 aliphatic heterocycles. The molecule has 3 N–H and O–H groups in total. The van der Waals surface area contributed by atoms with E-state index in [2.05, 4.69) is 10.3 Å². The minimum absolute atomic E-state index is 0.0897. The third-order valence-corrected chi connectivity index (χ3v) is 4.24. The molecule has 0 saturated carbocycles. The number of rotatable bonds is 7. The maximum absolute atomic E-state index is 12.5. The molecule has 0 radical (unpaired) electrons. The van der Waals surface area contributed by atoms with E-state index >= 15 is 0 Å². The molecule has 0 saturated heterocycles. The van der Waals surface area contributed by atoms with Gasteiger partial charge in [0.05, 0.1) is 32.4 Å². The Labute approximate surface area is 135 Å². The van der Waals surface area contributed by atoms with Crippen molar-refractivity contribution >= 4 is 16.8 Å². The van der Waals surface area contributed by atoms with Gasteiger partial charge in [0.1, 0.15) is 17.2 Å². The maximum atomic E-state index is 12.5. The second-order valence-corrected chi connectivity index (χ2v) is 5.59. The summed E-state index contributed by atoms with van der Waals surface area (Å²) in [6, 6.07) is 5.04. The number of hydrogen-bond donors (Lipinski definition) is 3. The molecule has 0 bridgehead atoms. The number of nitrogens with one attached hydrogen (secondary N) is 2. The Balaban J connectivity index is 2.34. The molecule has 2 aromatic rings. The molecule has 1 aromatic heterocycles. The van der Waals surface area contributed by atoms with Crippen LogP contribution in [0.1, 0.15) is 30.8 Å². The topological polar surface area (TPSA) is 83.6 Å². The van der Waals surface area contributed by atoms with Crippen LogP contribution in [0.15, 0.2) is 18.2 Å². The number of aromatic amines is 1. The molecule has 2 atom stereocenters. The molecule has 6 nitrogen and oxygen atoms in total. The number of aromatic nitrogens is 1. The smallest absolute Gasteiger partial charge is 0.268 e. The van der Waals surface area contributed by atoms with Crippen molar-refractivity contribution < 1.29 is 19.4 Å². The monoisotopic (exact) mass is 320 g/mol. The number of fused-ring (bicyclic) bond motifs is 1. The predicted octanol–water partition coefficient (Wildman–Crippen LogP) is 2.32. The van der Waals surface area contributed by atoms with Gasteiger partial charge in [-0.05, 0) is 24.1 Å². The lowest BCUT2D eigenvalue weighted by molar-refractivity contribution is 0.0887. The number of aliphatic hydroxyl groups is 1. The number of carbonyl (C=O) groups is 1. The summed E-state index contributed by atoms with van der Waals surface area (Å²) in [5, 5.41) is 13.1. The Morgan fingerprint density at radius 2 is 1.96 bits per heavy atom. The van der Waals surface area contributed by atoms with E-state index in [1.54, 1.807) is 32.4 Å². The second-order valence-electron chi connectivity index (χ2n) is 5.59. The lowest BCUT2D eigenvalue weighted by Gasteiger charge is -2.21. The molecule has 1 heterocycles. The summed E-state index contributed by atoms with van der Waals surface area (Å²) in [7, 11) is 3.16. The van der Waals surface area contributed by atoms with Crippen LogP contribution in [0.5, 0.6) is 11.5 Å². The van der Waals surface area contributed by atoms with Crippen LogP contribution < -0.4 is 14.8 Å². The summed E-state index contributed by atoms with van der Waals surface area (Å²) < 4.78 is 10.7. The zero-order valence-electron chi connectivity index (χ0n) is 14.0. The highest BCUT2D eigenvalue weighted by Gasteiger charge is 2.20. The van der Waals surface area contributed by atoms with Crippen LogP contribution in [0.25, 0.3) is 10.9 Å². The Hall–Kier alpha value is -2.21. The fourth-order valence-corrected chi connectivity index (χ4v) is 2.54. The van der Waals surface area contributed by atoms with E-state index in [0.717, 1.165) is 11.8 Å². The molecule has 6 heteroatoms. The van der Waals surface area contributed by atoms with Crippen LogP contribution in [0, 0.1) is 5.92 Å². The van der Waals surface area contributed by atoms with Crippen molar-refractivity contribution in [3.05, 3.63) is 23.9 Å². The van der Waals surface area contributed by atoms with E-state index in [1.807, 2.05) is 13.8 Å². The first kappa shape index (κ1) is 17.1. The van der Waals surface area contributed by atoms with Gasteiger partial charge in [0.2, 0.25) is 0 Å². The normalized spacial score (nSPS) is 13.6. The quantitative estimate of drug-likeness (QED) is 0.731. The second kappa shape index (κ2) is 7.37. The van der Waals surface area contributed by atoms with Crippen LogP contribution in [-0.4, -0.2) is 42.9 Å². The zero-order valence-corrected chi connectivity index (χ0v) is 14.0. The van der Waals surface area contributed by atoms with Gasteiger partial charge in [-0.1, -0.05) is 20.3 Å². The summed E-state index contributed by atoms with van der Waals surface area (Å²) in [6.07, 6.45) is 0.875. The van der Waals surface area contributed by atoms with E-state index in [-0.39, 0.29) is 24.5 Å². The van der Waals surface area contributed by atoms with Gasteiger partial charge in [0.25, 0.3) is 5.91 Å². The highest BCUT2D eigenvalue weighted by atomic mass is 16.5. The van der Waals surface area contributed by atoms with E-state index < -0.39 is 0 Å². The Kier molecular flexibility index (Phi) is 5.50. The minimum Gasteiger partial charge on any atom is -0.496 e. The fraction of sp³-hybridized carbons (Fsp3) is 0.471. The summed E-state index contributed by atoms with van der Waals surface area (Å²) in [4.78, 5) is 15.5. The van der Waals surface area contributed by atoms with Gasteiger partial charge in [-0.2, -0.15) is 0 Å². The van der Waals surface area contributed by atoms with Crippen molar-refractivity contribution in [1.29, 1.82) is 0 Å². The van der Waals surface area contributed by atoms with Crippen LogP contribution in [0.4, 0.5) is 0 Å². The first-order chi connectivity index (χ1) is 11.0. The molecule has 1 aromatic carbocycles. The number of methoxy groups -OCH3 is 2. The number of H-pyrrole nitrogens is 1. The predicted molar refractivity (Wildman–Crippen MR) is 89.2 cm³/mol. The van der Waals surface area contributed by atoms with E-state index in [4.69, 9.17) is 9.47 Å². The van der Waals surface area contributed by atoms with Crippen LogP contribution >= 0.6 is 0 Å². The highest BCUT2D eigenvalue weighted by Crippen LogP contribution is 2.33. The molecule has 2 unspecified atom stereocenters. The Morgan fingerprint density at radius 1 is 1.30 bits per heavy atom. The van der Waals surface area contributed by atoms with Crippen molar-refractivity contribution in [3.63, 3.8) is 0 Å². The zero-order chi connectivity index (χ0) is 17.0. The van der Waals surface area contributed by atoms with Crippen molar-refractivity contribution in [1.82, 2.24) is 10.3 Å². The highest BCUT2D eigenvalue weighted by molar-refractivity contribution is 6.01. The summed E-state index contributed by atoms with van der Waals surface area (Å²) in [6.45, 7) is 3.93. The molecule has 23 heavy (non-hydrogen) atoms. The van der Waals surface area contributed by atoms with Gasteiger partial charge in [-0.3, -0.25) is 4.79 Å². The van der Waals surface area contributed by atoms with E-state index in [0.29, 0.717) is 22.7 Å². The van der Waals surface area contributed by atoms with Gasteiger partial charge in [0, 0.05) is 5.39 Å². The first-order valence-corrected chi connectivity index (χ1v) is 7.71. The van der Waals surface area contributed by atoms with Gasteiger partial charge in [0.15, 0.2) is 0 Å². The molecule has 0 fully saturated rings. The van der Waals surface area contributed by atoms with Crippen molar-refractivity contribution in [2.45, 2.75) is 26.3 Å². The Bertz CT molecular complexity index is 640. The number of carbonyl (C=O) groups excluding carboxylic acids is 1. The van der Waals surface area contributed by atoms with Crippen LogP contribution in [0.2, 0.25) is 0 Å². The molecular formula is C17H24N2O4. The van der Waals surface area contributed by atoms with Crippen LogP contribution in [0.3, 0.4) is 0 Å².